The number of ketones is 1. The van der Waals surface area contributed by atoms with Crippen LogP contribution in [0.3, 0.4) is 0 Å². The molecular formula is C27H29NO4. The van der Waals surface area contributed by atoms with E-state index >= 15 is 0 Å². The third-order valence-electron chi connectivity index (χ3n) is 6.94. The summed E-state index contributed by atoms with van der Waals surface area (Å²) in [6, 6.07) is 13.1. The van der Waals surface area contributed by atoms with Gasteiger partial charge < -0.3 is 14.7 Å². The van der Waals surface area contributed by atoms with E-state index in [1.54, 1.807) is 4.90 Å². The van der Waals surface area contributed by atoms with E-state index in [0.29, 0.717) is 18.7 Å². The molecule has 32 heavy (non-hydrogen) atoms. The van der Waals surface area contributed by atoms with E-state index in [2.05, 4.69) is 0 Å². The number of nitrogens with zero attached hydrogens (tertiary/aromatic N) is 1. The van der Waals surface area contributed by atoms with E-state index in [1.165, 1.54) is 17.5 Å². The number of aliphatic hydroxyl groups excluding tert-OH is 1. The first kappa shape index (κ1) is 21.0. The highest BCUT2D eigenvalue weighted by molar-refractivity contribution is 6.46. The number of carbonyl (C=O) groups is 2. The average molecular weight is 432 g/mol. The van der Waals surface area contributed by atoms with Crippen molar-refractivity contribution in [2.45, 2.75) is 57.6 Å². The maximum absolute atomic E-state index is 13.2. The van der Waals surface area contributed by atoms with Crippen LogP contribution in [0.4, 0.5) is 0 Å². The van der Waals surface area contributed by atoms with E-state index in [4.69, 9.17) is 4.74 Å². The summed E-state index contributed by atoms with van der Waals surface area (Å²) >= 11 is 0. The Labute approximate surface area is 188 Å². The molecule has 0 bridgehead atoms. The molecule has 2 aromatic rings. The lowest BCUT2D eigenvalue weighted by atomic mass is 9.88. The van der Waals surface area contributed by atoms with Crippen LogP contribution in [0.15, 0.2) is 48.0 Å². The van der Waals surface area contributed by atoms with E-state index < -0.39 is 17.7 Å². The van der Waals surface area contributed by atoms with E-state index in [0.717, 1.165) is 43.2 Å². The van der Waals surface area contributed by atoms with Gasteiger partial charge >= 0.3 is 0 Å². The van der Waals surface area contributed by atoms with Crippen molar-refractivity contribution in [3.05, 3.63) is 75.9 Å². The van der Waals surface area contributed by atoms with E-state index in [9.17, 15) is 14.7 Å². The van der Waals surface area contributed by atoms with Crippen molar-refractivity contribution in [1.82, 2.24) is 4.90 Å². The van der Waals surface area contributed by atoms with Gasteiger partial charge in [0.2, 0.25) is 0 Å². The van der Waals surface area contributed by atoms with Crippen LogP contribution in [-0.4, -0.2) is 41.0 Å². The summed E-state index contributed by atoms with van der Waals surface area (Å²) in [5, 5.41) is 11.3. The lowest BCUT2D eigenvalue weighted by Gasteiger charge is -2.27. The summed E-state index contributed by atoms with van der Waals surface area (Å²) < 4.78 is 5.77. The predicted octanol–water partition coefficient (Wildman–Crippen LogP) is 4.47. The molecule has 5 rings (SSSR count). The van der Waals surface area contributed by atoms with Gasteiger partial charge in [0.1, 0.15) is 5.76 Å². The minimum atomic E-state index is -0.621. The summed E-state index contributed by atoms with van der Waals surface area (Å²) in [6.45, 7) is 3.02. The zero-order valence-corrected chi connectivity index (χ0v) is 18.5. The van der Waals surface area contributed by atoms with Gasteiger partial charge in [-0.2, -0.15) is 0 Å². The molecule has 2 saturated heterocycles. The molecule has 2 atom stereocenters. The zero-order valence-electron chi connectivity index (χ0n) is 18.5. The number of hydrogen-bond donors (Lipinski definition) is 1. The van der Waals surface area contributed by atoms with Crippen LogP contribution in [0.5, 0.6) is 0 Å². The number of fused-ring (bicyclic) bond motifs is 1. The highest BCUT2D eigenvalue weighted by atomic mass is 16.5. The Morgan fingerprint density at radius 3 is 2.62 bits per heavy atom. The number of hydrogen-bond acceptors (Lipinski definition) is 4. The number of benzene rings is 2. The van der Waals surface area contributed by atoms with Gasteiger partial charge in [0.05, 0.1) is 17.7 Å². The Morgan fingerprint density at radius 1 is 1.06 bits per heavy atom. The molecule has 1 N–H and O–H groups in total. The van der Waals surface area contributed by atoms with Gasteiger partial charge in [-0.05, 0) is 68.2 Å². The zero-order chi connectivity index (χ0) is 22.2. The van der Waals surface area contributed by atoms with Gasteiger partial charge in [-0.25, -0.2) is 0 Å². The molecule has 1 amide bonds. The summed E-state index contributed by atoms with van der Waals surface area (Å²) in [4.78, 5) is 27.9. The second-order valence-corrected chi connectivity index (χ2v) is 9.19. The minimum Gasteiger partial charge on any atom is -0.507 e. The van der Waals surface area contributed by atoms with Gasteiger partial charge in [0.15, 0.2) is 0 Å². The third kappa shape index (κ3) is 3.75. The quantitative estimate of drug-likeness (QED) is 0.441. The number of Topliss-reactive ketones (excluding diaryl/α,β-unsaturated/α-hetero) is 1. The van der Waals surface area contributed by atoms with Crippen LogP contribution in [0, 0.1) is 6.92 Å². The van der Waals surface area contributed by atoms with Gasteiger partial charge in [0, 0.05) is 18.7 Å². The monoisotopic (exact) mass is 431 g/mol. The summed E-state index contributed by atoms with van der Waals surface area (Å²) in [7, 11) is 0. The fourth-order valence-electron chi connectivity index (χ4n) is 5.30. The van der Waals surface area contributed by atoms with Crippen molar-refractivity contribution in [1.29, 1.82) is 0 Å². The van der Waals surface area contributed by atoms with Crippen molar-refractivity contribution in [2.24, 2.45) is 0 Å². The maximum atomic E-state index is 13.2. The predicted molar refractivity (Wildman–Crippen MR) is 122 cm³/mol. The van der Waals surface area contributed by atoms with E-state index in [1.807, 2.05) is 49.4 Å². The maximum Gasteiger partial charge on any atom is 0.295 e. The fraction of sp³-hybridized carbons (Fsp3) is 0.407. The molecule has 166 valence electrons. The highest BCUT2D eigenvalue weighted by Gasteiger charge is 2.47. The molecule has 0 saturated carbocycles. The normalized spacial score (nSPS) is 24.7. The topological polar surface area (TPSA) is 66.8 Å². The molecule has 0 aromatic heterocycles. The molecule has 2 aromatic carbocycles. The lowest BCUT2D eigenvalue weighted by molar-refractivity contribution is -0.140. The molecule has 5 nitrogen and oxygen atoms in total. The molecular weight excluding hydrogens is 402 g/mol. The second-order valence-electron chi connectivity index (χ2n) is 9.19. The molecule has 2 heterocycles. The van der Waals surface area contributed by atoms with Crippen molar-refractivity contribution in [2.75, 3.05) is 13.2 Å². The Bertz CT molecular complexity index is 1100. The second kappa shape index (κ2) is 8.55. The fourth-order valence-corrected chi connectivity index (χ4v) is 5.30. The number of aryl methyl sites for hydroxylation is 3. The molecule has 0 spiro atoms. The van der Waals surface area contributed by atoms with Crippen molar-refractivity contribution < 1.29 is 19.4 Å². The summed E-state index contributed by atoms with van der Waals surface area (Å²) in [5.74, 6) is -1.27. The third-order valence-corrected chi connectivity index (χ3v) is 6.94. The molecule has 2 unspecified atom stereocenters. The van der Waals surface area contributed by atoms with Crippen molar-refractivity contribution in [3.63, 3.8) is 0 Å². The Kier molecular flexibility index (Phi) is 5.60. The van der Waals surface area contributed by atoms with Gasteiger partial charge in [-0.1, -0.05) is 42.0 Å². The first-order valence-electron chi connectivity index (χ1n) is 11.6. The number of amides is 1. The van der Waals surface area contributed by atoms with Crippen LogP contribution in [0.25, 0.3) is 5.76 Å². The summed E-state index contributed by atoms with van der Waals surface area (Å²) in [5.41, 5.74) is 5.19. The Balaban J connectivity index is 1.61. The van der Waals surface area contributed by atoms with Crippen molar-refractivity contribution >= 4 is 17.4 Å². The van der Waals surface area contributed by atoms with Gasteiger partial charge in [-0.3, -0.25) is 9.59 Å². The molecule has 1 aliphatic carbocycles. The largest absolute Gasteiger partial charge is 0.507 e. The molecule has 5 heteroatoms. The number of ether oxygens (including phenoxy) is 1. The number of rotatable bonds is 4. The molecule has 2 fully saturated rings. The number of carbonyl (C=O) groups excluding carboxylic acids is 2. The molecule has 3 aliphatic rings. The van der Waals surface area contributed by atoms with Gasteiger partial charge in [0.25, 0.3) is 11.7 Å². The lowest BCUT2D eigenvalue weighted by Crippen LogP contribution is -2.36. The Hall–Kier alpha value is -2.92. The van der Waals surface area contributed by atoms with Crippen molar-refractivity contribution in [3.8, 4) is 0 Å². The summed E-state index contributed by atoms with van der Waals surface area (Å²) in [6.07, 6.45) is 6.08. The van der Waals surface area contributed by atoms with Crippen LogP contribution < -0.4 is 0 Å². The van der Waals surface area contributed by atoms with Gasteiger partial charge in [-0.15, -0.1) is 0 Å². The Morgan fingerprint density at radius 2 is 1.88 bits per heavy atom. The first-order chi connectivity index (χ1) is 15.5. The van der Waals surface area contributed by atoms with E-state index in [-0.39, 0.29) is 17.4 Å². The highest BCUT2D eigenvalue weighted by Crippen LogP contribution is 2.40. The molecule has 2 aliphatic heterocycles. The standard InChI is InChI=1S/C27H29NO4/c1-17-6-4-9-20(14-17)24-23(26(30)27(31)28(24)16-22-10-5-13-32-22)25(29)21-12-11-18-7-2-3-8-19(18)15-21/h4,6,9,11-12,14-15,22,24,29H,2-3,5,7-8,10,13,16H2,1H3/b25-23-. The minimum absolute atomic E-state index is 0.0794. The van der Waals surface area contributed by atoms with Crippen LogP contribution in [0.2, 0.25) is 0 Å². The SMILES string of the molecule is Cc1cccc(C2/C(=C(/O)c3ccc4c(c3)CCCC4)C(=O)C(=O)N2CC2CCCO2)c1. The van der Waals surface area contributed by atoms with Crippen LogP contribution in [0.1, 0.15) is 59.5 Å². The van der Waals surface area contributed by atoms with Crippen LogP contribution in [-0.2, 0) is 27.2 Å². The smallest absolute Gasteiger partial charge is 0.295 e. The average Bonchev–Trinajstić information content (AvgIpc) is 3.41. The number of aliphatic hydroxyl groups is 1. The molecule has 0 radical (unpaired) electrons. The number of likely N-dealkylation sites (tertiary alicyclic amines) is 1. The van der Waals surface area contributed by atoms with Crippen LogP contribution >= 0.6 is 0 Å². The first-order valence-corrected chi connectivity index (χ1v) is 11.6.